The highest BCUT2D eigenvalue weighted by Crippen LogP contribution is 2.16. The SMILES string of the molecule is Cc1cc(C(=O)N[C@H]2C[C@@H](O)CN(C/C=C/c3ccccc3)C2)c(C)o1. The molecule has 0 aliphatic carbocycles. The van der Waals surface area contributed by atoms with Crippen LogP contribution in [0, 0.1) is 13.8 Å². The van der Waals surface area contributed by atoms with E-state index < -0.39 is 6.10 Å². The van der Waals surface area contributed by atoms with Crippen molar-refractivity contribution in [2.75, 3.05) is 19.6 Å². The molecule has 1 fully saturated rings. The zero-order valence-corrected chi connectivity index (χ0v) is 15.3. The van der Waals surface area contributed by atoms with Gasteiger partial charge in [-0.15, -0.1) is 0 Å². The van der Waals surface area contributed by atoms with Gasteiger partial charge < -0.3 is 14.8 Å². The Kier molecular flexibility index (Phi) is 5.91. The van der Waals surface area contributed by atoms with E-state index in [1.807, 2.05) is 25.1 Å². The number of β-amino-alcohol motifs (C(OH)–C–C–N with tert-alkyl or cyclic N) is 1. The minimum absolute atomic E-state index is 0.0778. The summed E-state index contributed by atoms with van der Waals surface area (Å²) >= 11 is 0. The van der Waals surface area contributed by atoms with Gasteiger partial charge in [-0.2, -0.15) is 0 Å². The highest BCUT2D eigenvalue weighted by atomic mass is 16.3. The molecule has 2 aromatic rings. The second-order valence-corrected chi connectivity index (χ2v) is 6.92. The lowest BCUT2D eigenvalue weighted by molar-refractivity contribution is 0.0544. The summed E-state index contributed by atoms with van der Waals surface area (Å²) in [5.74, 6) is 1.21. The summed E-state index contributed by atoms with van der Waals surface area (Å²) in [6.45, 7) is 5.70. The van der Waals surface area contributed by atoms with Gasteiger partial charge in [0.15, 0.2) is 0 Å². The fraction of sp³-hybridized carbons (Fsp3) is 0.381. The van der Waals surface area contributed by atoms with E-state index in [9.17, 15) is 9.90 Å². The van der Waals surface area contributed by atoms with Crippen LogP contribution in [-0.4, -0.2) is 47.7 Å². The van der Waals surface area contributed by atoms with Crippen LogP contribution in [-0.2, 0) is 0 Å². The molecule has 2 atom stereocenters. The number of nitrogens with zero attached hydrogens (tertiary/aromatic N) is 1. The largest absolute Gasteiger partial charge is 0.466 e. The second-order valence-electron chi connectivity index (χ2n) is 6.92. The van der Waals surface area contributed by atoms with Crippen LogP contribution in [0.4, 0.5) is 0 Å². The Morgan fingerprint density at radius 2 is 2.08 bits per heavy atom. The van der Waals surface area contributed by atoms with Crippen LogP contribution in [0.1, 0.15) is 33.9 Å². The standard InChI is InChI=1S/C21H26N2O3/c1-15-11-20(16(2)26-15)21(25)22-18-12-19(24)14-23(13-18)10-6-9-17-7-4-3-5-8-17/h3-9,11,18-19,24H,10,12-14H2,1-2H3,(H,22,25)/b9-6+/t18-,19+/m0/s1. The van der Waals surface area contributed by atoms with Crippen molar-refractivity contribution in [3.63, 3.8) is 0 Å². The van der Waals surface area contributed by atoms with E-state index in [0.29, 0.717) is 24.3 Å². The maximum Gasteiger partial charge on any atom is 0.255 e. The average Bonchev–Trinajstić information content (AvgIpc) is 2.94. The van der Waals surface area contributed by atoms with Gasteiger partial charge in [-0.05, 0) is 31.9 Å². The molecule has 1 aromatic carbocycles. The van der Waals surface area contributed by atoms with Crippen molar-refractivity contribution < 1.29 is 14.3 Å². The second kappa shape index (κ2) is 8.34. The summed E-state index contributed by atoms with van der Waals surface area (Å²) in [5.41, 5.74) is 1.72. The van der Waals surface area contributed by atoms with Gasteiger partial charge in [-0.1, -0.05) is 42.5 Å². The van der Waals surface area contributed by atoms with Crippen LogP contribution >= 0.6 is 0 Å². The average molecular weight is 354 g/mol. The van der Waals surface area contributed by atoms with E-state index >= 15 is 0 Å². The van der Waals surface area contributed by atoms with Crippen molar-refractivity contribution in [1.82, 2.24) is 10.2 Å². The molecule has 3 rings (SSSR count). The normalized spacial score (nSPS) is 21.2. The highest BCUT2D eigenvalue weighted by Gasteiger charge is 2.27. The molecular weight excluding hydrogens is 328 g/mol. The summed E-state index contributed by atoms with van der Waals surface area (Å²) in [7, 11) is 0. The summed E-state index contributed by atoms with van der Waals surface area (Å²) in [6, 6.07) is 11.8. The number of benzene rings is 1. The van der Waals surface area contributed by atoms with Gasteiger partial charge in [0.05, 0.1) is 11.7 Å². The third-order valence-electron chi connectivity index (χ3n) is 4.60. The monoisotopic (exact) mass is 354 g/mol. The van der Waals surface area contributed by atoms with E-state index in [4.69, 9.17) is 4.42 Å². The first kappa shape index (κ1) is 18.4. The number of carbonyl (C=O) groups is 1. The lowest BCUT2D eigenvalue weighted by Crippen LogP contribution is -2.52. The minimum atomic E-state index is -0.439. The molecule has 0 saturated carbocycles. The number of amides is 1. The van der Waals surface area contributed by atoms with E-state index in [-0.39, 0.29) is 11.9 Å². The zero-order chi connectivity index (χ0) is 18.5. The number of rotatable bonds is 5. The molecule has 0 unspecified atom stereocenters. The Bertz CT molecular complexity index is 767. The molecule has 2 N–H and O–H groups in total. The quantitative estimate of drug-likeness (QED) is 0.867. The lowest BCUT2D eigenvalue weighted by atomic mass is 10.0. The zero-order valence-electron chi connectivity index (χ0n) is 15.3. The first-order valence-corrected chi connectivity index (χ1v) is 9.01. The maximum absolute atomic E-state index is 12.5. The van der Waals surface area contributed by atoms with Crippen molar-refractivity contribution in [3.8, 4) is 0 Å². The van der Waals surface area contributed by atoms with Gasteiger partial charge in [-0.3, -0.25) is 9.69 Å². The number of aliphatic hydroxyl groups excluding tert-OH is 1. The Labute approximate surface area is 154 Å². The first-order valence-electron chi connectivity index (χ1n) is 9.01. The number of likely N-dealkylation sites (tertiary alicyclic amines) is 1. The van der Waals surface area contributed by atoms with E-state index in [1.165, 1.54) is 0 Å². The number of aliphatic hydroxyl groups is 1. The maximum atomic E-state index is 12.5. The number of piperidine rings is 1. The van der Waals surface area contributed by atoms with Crippen molar-refractivity contribution in [1.29, 1.82) is 0 Å². The van der Waals surface area contributed by atoms with Crippen molar-refractivity contribution in [2.24, 2.45) is 0 Å². The third kappa shape index (κ3) is 4.84. The number of hydrogen-bond acceptors (Lipinski definition) is 4. The Morgan fingerprint density at radius 1 is 1.31 bits per heavy atom. The molecule has 2 heterocycles. The summed E-state index contributed by atoms with van der Waals surface area (Å²) in [5, 5.41) is 13.2. The molecule has 1 saturated heterocycles. The fourth-order valence-corrected chi connectivity index (χ4v) is 3.44. The molecule has 0 radical (unpaired) electrons. The van der Waals surface area contributed by atoms with Crippen LogP contribution in [0.25, 0.3) is 6.08 Å². The van der Waals surface area contributed by atoms with Crippen LogP contribution in [0.3, 0.4) is 0 Å². The lowest BCUT2D eigenvalue weighted by Gasteiger charge is -2.35. The Balaban J connectivity index is 1.56. The van der Waals surface area contributed by atoms with Gasteiger partial charge in [0, 0.05) is 25.7 Å². The number of aryl methyl sites for hydroxylation is 2. The van der Waals surface area contributed by atoms with E-state index in [2.05, 4.69) is 34.5 Å². The van der Waals surface area contributed by atoms with Gasteiger partial charge in [0.2, 0.25) is 0 Å². The summed E-state index contributed by atoms with van der Waals surface area (Å²) in [6.07, 6.45) is 4.30. The number of nitrogens with one attached hydrogen (secondary N) is 1. The van der Waals surface area contributed by atoms with Crippen molar-refractivity contribution in [3.05, 3.63) is 65.1 Å². The van der Waals surface area contributed by atoms with Crippen LogP contribution < -0.4 is 5.32 Å². The molecule has 26 heavy (non-hydrogen) atoms. The highest BCUT2D eigenvalue weighted by molar-refractivity contribution is 5.95. The van der Waals surface area contributed by atoms with Crippen LogP contribution in [0.2, 0.25) is 0 Å². The smallest absolute Gasteiger partial charge is 0.255 e. The van der Waals surface area contributed by atoms with Gasteiger partial charge >= 0.3 is 0 Å². The first-order chi connectivity index (χ1) is 12.5. The minimum Gasteiger partial charge on any atom is -0.466 e. The van der Waals surface area contributed by atoms with Crippen LogP contribution in [0.15, 0.2) is 46.9 Å². The van der Waals surface area contributed by atoms with Gasteiger partial charge in [-0.25, -0.2) is 0 Å². The molecule has 1 aliphatic rings. The van der Waals surface area contributed by atoms with Crippen LogP contribution in [0.5, 0.6) is 0 Å². The predicted octanol–water partition coefficient (Wildman–Crippen LogP) is 2.77. The predicted molar refractivity (Wildman–Crippen MR) is 102 cm³/mol. The molecule has 1 amide bonds. The molecule has 0 bridgehead atoms. The number of furan rings is 1. The fourth-order valence-electron chi connectivity index (χ4n) is 3.44. The van der Waals surface area contributed by atoms with E-state index in [1.54, 1.807) is 13.0 Å². The third-order valence-corrected chi connectivity index (χ3v) is 4.60. The molecule has 1 aromatic heterocycles. The van der Waals surface area contributed by atoms with Gasteiger partial charge in [0.25, 0.3) is 5.91 Å². The molecule has 5 nitrogen and oxygen atoms in total. The van der Waals surface area contributed by atoms with Crippen molar-refractivity contribution >= 4 is 12.0 Å². The summed E-state index contributed by atoms with van der Waals surface area (Å²) < 4.78 is 5.43. The van der Waals surface area contributed by atoms with Crippen molar-refractivity contribution in [2.45, 2.75) is 32.4 Å². The Hall–Kier alpha value is -2.37. The number of carbonyl (C=O) groups excluding carboxylic acids is 1. The molecule has 138 valence electrons. The number of hydrogen-bond donors (Lipinski definition) is 2. The molecule has 0 spiro atoms. The topological polar surface area (TPSA) is 65.7 Å². The summed E-state index contributed by atoms with van der Waals surface area (Å²) in [4.78, 5) is 14.6. The molecule has 1 aliphatic heterocycles. The van der Waals surface area contributed by atoms with E-state index in [0.717, 1.165) is 24.4 Å². The Morgan fingerprint density at radius 3 is 2.77 bits per heavy atom. The molecule has 5 heteroatoms. The van der Waals surface area contributed by atoms with Gasteiger partial charge in [0.1, 0.15) is 11.5 Å². The molecular formula is C21H26N2O3.